The van der Waals surface area contributed by atoms with Crippen LogP contribution < -0.4 is 0 Å². The lowest BCUT2D eigenvalue weighted by molar-refractivity contribution is 1.25. The molecule has 1 heteroatoms. The third-order valence-corrected chi connectivity index (χ3v) is 1.41. The summed E-state index contributed by atoms with van der Waals surface area (Å²) in [6, 6.07) is 0. The first kappa shape index (κ1) is 7.09. The van der Waals surface area contributed by atoms with Crippen LogP contribution in [0.2, 0.25) is 0 Å². The molecule has 0 amide bonds. The maximum absolute atomic E-state index is 3.77. The van der Waals surface area contributed by atoms with Crippen LogP contribution in [-0.2, 0) is 0 Å². The number of hydrogen-bond donors (Lipinski definition) is 0. The molecule has 0 aromatic heterocycles. The SMILES string of the molecule is [CH2]C(C)SC[C]=C. The van der Waals surface area contributed by atoms with Crippen molar-refractivity contribution in [1.29, 1.82) is 0 Å². The molecule has 0 aromatic rings. The molecule has 0 saturated carbocycles. The highest BCUT2D eigenvalue weighted by Gasteiger charge is 1.87. The van der Waals surface area contributed by atoms with Gasteiger partial charge < -0.3 is 0 Å². The quantitative estimate of drug-likeness (QED) is 0.540. The molecule has 0 aliphatic carbocycles. The maximum atomic E-state index is 3.77. The standard InChI is InChI=1S/C6H10S/c1-4-5-7-6(2)3/h6H,1-2,5H2,3H3. The Balaban J connectivity index is 2.81. The van der Waals surface area contributed by atoms with Crippen LogP contribution in [-0.4, -0.2) is 11.0 Å². The fraction of sp³-hybridized carbons (Fsp3) is 0.500. The van der Waals surface area contributed by atoms with Gasteiger partial charge in [-0.2, -0.15) is 11.8 Å². The zero-order valence-electron chi connectivity index (χ0n) is 4.61. The van der Waals surface area contributed by atoms with Crippen molar-refractivity contribution in [2.75, 3.05) is 5.75 Å². The van der Waals surface area contributed by atoms with E-state index in [2.05, 4.69) is 26.5 Å². The van der Waals surface area contributed by atoms with Crippen LogP contribution in [0.4, 0.5) is 0 Å². The van der Waals surface area contributed by atoms with Gasteiger partial charge in [-0.25, -0.2) is 0 Å². The first-order valence-corrected chi connectivity index (χ1v) is 3.27. The van der Waals surface area contributed by atoms with Gasteiger partial charge in [0.15, 0.2) is 0 Å². The Kier molecular flexibility index (Phi) is 4.31. The first-order valence-electron chi connectivity index (χ1n) is 2.22. The fourth-order valence-electron chi connectivity index (χ4n) is 0.201. The number of thioether (sulfide) groups is 1. The summed E-state index contributed by atoms with van der Waals surface area (Å²) in [5, 5.41) is 0.467. The topological polar surface area (TPSA) is 0 Å². The summed E-state index contributed by atoms with van der Waals surface area (Å²) in [6.07, 6.45) is 2.77. The molecule has 0 N–H and O–H groups in total. The van der Waals surface area contributed by atoms with Crippen LogP contribution in [0.15, 0.2) is 6.58 Å². The Bertz CT molecular complexity index is 48.1. The van der Waals surface area contributed by atoms with Gasteiger partial charge in [0, 0.05) is 11.0 Å². The molecule has 1 unspecified atom stereocenters. The maximum Gasteiger partial charge on any atom is 0.0184 e. The van der Waals surface area contributed by atoms with Gasteiger partial charge >= 0.3 is 0 Å². The van der Waals surface area contributed by atoms with E-state index in [1.165, 1.54) is 0 Å². The van der Waals surface area contributed by atoms with Crippen LogP contribution in [0.5, 0.6) is 0 Å². The van der Waals surface area contributed by atoms with Gasteiger partial charge in [-0.15, -0.1) is 0 Å². The second kappa shape index (κ2) is 4.25. The summed E-state index contributed by atoms with van der Waals surface area (Å²) in [4.78, 5) is 0. The summed E-state index contributed by atoms with van der Waals surface area (Å²) in [5.74, 6) is 0.894. The van der Waals surface area contributed by atoms with Crippen LogP contribution in [0.25, 0.3) is 0 Å². The lowest BCUT2D eigenvalue weighted by Crippen LogP contribution is -1.86. The molecule has 0 nitrogen and oxygen atoms in total. The molecular weight excluding hydrogens is 104 g/mol. The largest absolute Gasteiger partial charge is 0.154 e. The van der Waals surface area contributed by atoms with Crippen molar-refractivity contribution in [1.82, 2.24) is 0 Å². The molecule has 1 atom stereocenters. The molecule has 7 heavy (non-hydrogen) atoms. The lowest BCUT2D eigenvalue weighted by Gasteiger charge is -1.96. The van der Waals surface area contributed by atoms with E-state index in [-0.39, 0.29) is 0 Å². The van der Waals surface area contributed by atoms with Crippen molar-refractivity contribution in [3.63, 3.8) is 0 Å². The van der Waals surface area contributed by atoms with Crippen molar-refractivity contribution in [3.05, 3.63) is 19.6 Å². The van der Waals surface area contributed by atoms with Crippen LogP contribution >= 0.6 is 11.8 Å². The molecule has 40 valence electrons. The van der Waals surface area contributed by atoms with Gasteiger partial charge in [0.1, 0.15) is 0 Å². The predicted molar refractivity (Wildman–Crippen MR) is 36.1 cm³/mol. The van der Waals surface area contributed by atoms with Gasteiger partial charge in [0.05, 0.1) is 0 Å². The Morgan fingerprint density at radius 2 is 2.43 bits per heavy atom. The lowest BCUT2D eigenvalue weighted by atomic mass is 10.6. The van der Waals surface area contributed by atoms with E-state index in [9.17, 15) is 0 Å². The Morgan fingerprint density at radius 1 is 1.86 bits per heavy atom. The molecule has 0 saturated heterocycles. The smallest absolute Gasteiger partial charge is 0.0184 e. The van der Waals surface area contributed by atoms with Gasteiger partial charge in [0.2, 0.25) is 0 Å². The monoisotopic (exact) mass is 114 g/mol. The van der Waals surface area contributed by atoms with Gasteiger partial charge in [0.25, 0.3) is 0 Å². The Morgan fingerprint density at radius 3 is 2.57 bits per heavy atom. The van der Waals surface area contributed by atoms with Crippen molar-refractivity contribution in [2.24, 2.45) is 0 Å². The second-order valence-electron chi connectivity index (χ2n) is 1.37. The van der Waals surface area contributed by atoms with Crippen molar-refractivity contribution >= 4 is 11.8 Å². The minimum Gasteiger partial charge on any atom is -0.154 e. The van der Waals surface area contributed by atoms with Gasteiger partial charge in [-0.05, 0) is 13.0 Å². The van der Waals surface area contributed by atoms with E-state index in [0.717, 1.165) is 5.75 Å². The summed E-state index contributed by atoms with van der Waals surface area (Å²) >= 11 is 1.75. The molecule has 0 rings (SSSR count). The summed E-state index contributed by atoms with van der Waals surface area (Å²) < 4.78 is 0. The van der Waals surface area contributed by atoms with E-state index < -0.39 is 0 Å². The molecule has 0 bridgehead atoms. The molecule has 0 spiro atoms. The third kappa shape index (κ3) is 6.09. The molecular formula is C6H10S. The van der Waals surface area contributed by atoms with Crippen LogP contribution in [0.1, 0.15) is 6.92 Å². The van der Waals surface area contributed by atoms with Crippen LogP contribution in [0, 0.1) is 13.0 Å². The number of hydrogen-bond acceptors (Lipinski definition) is 1. The molecule has 2 radical (unpaired) electrons. The average molecular weight is 114 g/mol. The molecule has 0 aromatic carbocycles. The molecule has 0 heterocycles. The Labute approximate surface area is 50.0 Å². The van der Waals surface area contributed by atoms with E-state index in [1.54, 1.807) is 11.8 Å². The van der Waals surface area contributed by atoms with E-state index in [4.69, 9.17) is 0 Å². The molecule has 0 aliphatic heterocycles. The van der Waals surface area contributed by atoms with Crippen LogP contribution in [0.3, 0.4) is 0 Å². The zero-order chi connectivity index (χ0) is 5.70. The highest BCUT2D eigenvalue weighted by molar-refractivity contribution is 8.00. The number of rotatable bonds is 3. The molecule has 0 aliphatic rings. The summed E-state index contributed by atoms with van der Waals surface area (Å²) in [7, 11) is 0. The fourth-order valence-corrected chi connectivity index (χ4v) is 0.604. The third-order valence-electron chi connectivity index (χ3n) is 0.470. The summed E-state index contributed by atoms with van der Waals surface area (Å²) in [6.45, 7) is 9.29. The summed E-state index contributed by atoms with van der Waals surface area (Å²) in [5.41, 5.74) is 0. The van der Waals surface area contributed by atoms with Crippen molar-refractivity contribution in [2.45, 2.75) is 12.2 Å². The van der Waals surface area contributed by atoms with Gasteiger partial charge in [-0.1, -0.05) is 13.5 Å². The average Bonchev–Trinajstić information content (AvgIpc) is 1.61. The minimum absolute atomic E-state index is 0.467. The van der Waals surface area contributed by atoms with Crippen molar-refractivity contribution in [3.8, 4) is 0 Å². The van der Waals surface area contributed by atoms with E-state index in [0.29, 0.717) is 5.25 Å². The highest BCUT2D eigenvalue weighted by Crippen LogP contribution is 2.06. The van der Waals surface area contributed by atoms with Gasteiger partial charge in [-0.3, -0.25) is 0 Å². The van der Waals surface area contributed by atoms with E-state index >= 15 is 0 Å². The second-order valence-corrected chi connectivity index (χ2v) is 2.80. The minimum atomic E-state index is 0.467. The Hall–Kier alpha value is 0.0900. The molecule has 0 fully saturated rings. The normalized spacial score (nSPS) is 9.57. The predicted octanol–water partition coefficient (Wildman–Crippen LogP) is 1.93. The highest BCUT2D eigenvalue weighted by atomic mass is 32.2. The zero-order valence-corrected chi connectivity index (χ0v) is 5.42. The first-order chi connectivity index (χ1) is 3.27. The van der Waals surface area contributed by atoms with Crippen molar-refractivity contribution < 1.29 is 0 Å². The van der Waals surface area contributed by atoms with E-state index in [1.807, 2.05) is 0 Å².